The largest absolute Gasteiger partial charge is 0.493 e. The summed E-state index contributed by atoms with van der Waals surface area (Å²) in [5.41, 5.74) is 3.84. The lowest BCUT2D eigenvalue weighted by atomic mass is 10.1. The van der Waals surface area contributed by atoms with Crippen molar-refractivity contribution in [2.24, 2.45) is 0 Å². The molecule has 23 heavy (non-hydrogen) atoms. The lowest BCUT2D eigenvalue weighted by molar-refractivity contribution is 0.288. The number of unbranched alkanes of at least 4 members (excludes halogenated alkanes) is 1. The van der Waals surface area contributed by atoms with Gasteiger partial charge in [0.25, 0.3) is 0 Å². The van der Waals surface area contributed by atoms with Gasteiger partial charge in [-0.3, -0.25) is 0 Å². The molecular weight excluding hydrogens is 286 g/mol. The fourth-order valence-electron chi connectivity index (χ4n) is 2.42. The summed E-state index contributed by atoms with van der Waals surface area (Å²) in [5.74, 6) is 1.62. The monoisotopic (exact) mass is 313 g/mol. The number of hydrogen-bond donors (Lipinski definition) is 1. The van der Waals surface area contributed by atoms with E-state index >= 15 is 0 Å². The maximum absolute atomic E-state index is 5.77. The fraction of sp³-hybridized carbons (Fsp3) is 0.400. The number of benzene rings is 2. The summed E-state index contributed by atoms with van der Waals surface area (Å²) >= 11 is 0. The zero-order valence-electron chi connectivity index (χ0n) is 14.4. The van der Waals surface area contributed by atoms with Gasteiger partial charge in [0, 0.05) is 13.1 Å². The number of aryl methyl sites for hydroxylation is 1. The molecule has 0 radical (unpaired) electrons. The average molecular weight is 313 g/mol. The van der Waals surface area contributed by atoms with Crippen LogP contribution in [-0.4, -0.2) is 13.7 Å². The molecule has 0 aliphatic carbocycles. The fourth-order valence-corrected chi connectivity index (χ4v) is 2.42. The van der Waals surface area contributed by atoms with Crippen LogP contribution in [0, 0.1) is 6.92 Å². The molecule has 0 heterocycles. The Morgan fingerprint density at radius 2 is 1.83 bits per heavy atom. The van der Waals surface area contributed by atoms with E-state index in [0.717, 1.165) is 44.0 Å². The molecule has 124 valence electrons. The molecule has 2 aromatic carbocycles. The Morgan fingerprint density at radius 3 is 2.57 bits per heavy atom. The van der Waals surface area contributed by atoms with Crippen molar-refractivity contribution in [3.63, 3.8) is 0 Å². The molecular formula is C20H27NO2. The molecule has 0 fully saturated rings. The van der Waals surface area contributed by atoms with Gasteiger partial charge in [-0.05, 0) is 42.2 Å². The van der Waals surface area contributed by atoms with Gasteiger partial charge in [0.15, 0.2) is 11.5 Å². The minimum Gasteiger partial charge on any atom is -0.493 e. The number of nitrogens with one attached hydrogen (secondary N) is 1. The Hall–Kier alpha value is -2.00. The molecule has 0 spiro atoms. The lowest BCUT2D eigenvalue weighted by Crippen LogP contribution is -2.13. The molecule has 0 bridgehead atoms. The number of methoxy groups -OCH3 is 1. The van der Waals surface area contributed by atoms with Crippen molar-refractivity contribution in [1.29, 1.82) is 0 Å². The van der Waals surface area contributed by atoms with Gasteiger partial charge in [-0.25, -0.2) is 0 Å². The highest BCUT2D eigenvalue weighted by Gasteiger charge is 2.06. The SMILES string of the molecule is CCCCOc1ccc(CNCc2ccccc2C)cc1OC. The zero-order chi connectivity index (χ0) is 16.5. The second-order valence-corrected chi connectivity index (χ2v) is 5.72. The minimum absolute atomic E-state index is 0.734. The van der Waals surface area contributed by atoms with Crippen LogP contribution in [0.25, 0.3) is 0 Å². The standard InChI is InChI=1S/C20H27NO2/c1-4-5-12-23-19-11-10-17(13-20(19)22-3)14-21-15-18-9-7-6-8-16(18)2/h6-11,13,21H,4-5,12,14-15H2,1-3H3. The molecule has 0 amide bonds. The Bertz CT molecular complexity index is 610. The first kappa shape index (κ1) is 17.4. The van der Waals surface area contributed by atoms with Crippen molar-refractivity contribution >= 4 is 0 Å². The van der Waals surface area contributed by atoms with E-state index in [2.05, 4.69) is 49.5 Å². The average Bonchev–Trinajstić information content (AvgIpc) is 2.57. The van der Waals surface area contributed by atoms with E-state index < -0.39 is 0 Å². The smallest absolute Gasteiger partial charge is 0.161 e. The molecule has 3 heteroatoms. The number of hydrogen-bond acceptors (Lipinski definition) is 3. The van der Waals surface area contributed by atoms with Gasteiger partial charge in [0.2, 0.25) is 0 Å². The Balaban J connectivity index is 1.91. The van der Waals surface area contributed by atoms with Crippen LogP contribution in [0.4, 0.5) is 0 Å². The molecule has 1 N–H and O–H groups in total. The third-order valence-electron chi connectivity index (χ3n) is 3.89. The van der Waals surface area contributed by atoms with Gasteiger partial charge < -0.3 is 14.8 Å². The first-order chi connectivity index (χ1) is 11.2. The van der Waals surface area contributed by atoms with Crippen LogP contribution in [0.1, 0.15) is 36.5 Å². The van der Waals surface area contributed by atoms with Crippen molar-refractivity contribution < 1.29 is 9.47 Å². The molecule has 0 aromatic heterocycles. The Kier molecular flexibility index (Phi) is 6.95. The van der Waals surface area contributed by atoms with Crippen molar-refractivity contribution in [2.45, 2.75) is 39.8 Å². The van der Waals surface area contributed by atoms with E-state index in [0.29, 0.717) is 0 Å². The van der Waals surface area contributed by atoms with Crippen LogP contribution in [-0.2, 0) is 13.1 Å². The van der Waals surface area contributed by atoms with Crippen LogP contribution >= 0.6 is 0 Å². The van der Waals surface area contributed by atoms with Crippen molar-refractivity contribution in [3.8, 4) is 11.5 Å². The zero-order valence-corrected chi connectivity index (χ0v) is 14.4. The molecule has 2 rings (SSSR count). The third-order valence-corrected chi connectivity index (χ3v) is 3.89. The van der Waals surface area contributed by atoms with E-state index in [9.17, 15) is 0 Å². The Morgan fingerprint density at radius 1 is 1.00 bits per heavy atom. The lowest BCUT2D eigenvalue weighted by Gasteiger charge is -2.13. The van der Waals surface area contributed by atoms with Gasteiger partial charge in [-0.2, -0.15) is 0 Å². The minimum atomic E-state index is 0.734. The topological polar surface area (TPSA) is 30.5 Å². The van der Waals surface area contributed by atoms with E-state index in [-0.39, 0.29) is 0 Å². The molecule has 0 saturated carbocycles. The van der Waals surface area contributed by atoms with Gasteiger partial charge in [-0.1, -0.05) is 43.7 Å². The molecule has 0 aliphatic rings. The molecule has 0 atom stereocenters. The normalized spacial score (nSPS) is 10.6. The maximum atomic E-state index is 5.77. The molecule has 0 unspecified atom stereocenters. The highest BCUT2D eigenvalue weighted by molar-refractivity contribution is 5.43. The van der Waals surface area contributed by atoms with Crippen LogP contribution in [0.2, 0.25) is 0 Å². The quantitative estimate of drug-likeness (QED) is 0.693. The number of rotatable bonds is 9. The van der Waals surface area contributed by atoms with Gasteiger partial charge in [0.1, 0.15) is 0 Å². The van der Waals surface area contributed by atoms with Gasteiger partial charge in [-0.15, -0.1) is 0 Å². The summed E-state index contributed by atoms with van der Waals surface area (Å²) in [6.45, 7) is 6.70. The van der Waals surface area contributed by atoms with Gasteiger partial charge in [0.05, 0.1) is 13.7 Å². The summed E-state index contributed by atoms with van der Waals surface area (Å²) in [4.78, 5) is 0. The first-order valence-corrected chi connectivity index (χ1v) is 8.29. The molecule has 0 aliphatic heterocycles. The van der Waals surface area contributed by atoms with E-state index in [1.165, 1.54) is 16.7 Å². The molecule has 2 aromatic rings. The van der Waals surface area contributed by atoms with E-state index in [1.807, 2.05) is 12.1 Å². The molecule has 3 nitrogen and oxygen atoms in total. The maximum Gasteiger partial charge on any atom is 0.161 e. The van der Waals surface area contributed by atoms with Crippen LogP contribution in [0.15, 0.2) is 42.5 Å². The van der Waals surface area contributed by atoms with Gasteiger partial charge >= 0.3 is 0 Å². The van der Waals surface area contributed by atoms with Crippen molar-refractivity contribution in [2.75, 3.05) is 13.7 Å². The first-order valence-electron chi connectivity index (χ1n) is 8.29. The second kappa shape index (κ2) is 9.21. The Labute approximate surface area is 139 Å². The summed E-state index contributed by atoms with van der Waals surface area (Å²) < 4.78 is 11.2. The highest BCUT2D eigenvalue weighted by Crippen LogP contribution is 2.28. The van der Waals surface area contributed by atoms with E-state index in [1.54, 1.807) is 7.11 Å². The number of ether oxygens (including phenoxy) is 2. The van der Waals surface area contributed by atoms with Crippen molar-refractivity contribution in [1.82, 2.24) is 5.32 Å². The van der Waals surface area contributed by atoms with Crippen molar-refractivity contribution in [3.05, 3.63) is 59.2 Å². The predicted molar refractivity (Wildman–Crippen MR) is 95.1 cm³/mol. The third kappa shape index (κ3) is 5.29. The predicted octanol–water partition coefficient (Wildman–Crippen LogP) is 4.47. The summed E-state index contributed by atoms with van der Waals surface area (Å²) in [6.07, 6.45) is 2.19. The molecule has 0 saturated heterocycles. The summed E-state index contributed by atoms with van der Waals surface area (Å²) in [7, 11) is 1.69. The van der Waals surface area contributed by atoms with E-state index in [4.69, 9.17) is 9.47 Å². The van der Waals surface area contributed by atoms with Crippen LogP contribution in [0.3, 0.4) is 0 Å². The summed E-state index contributed by atoms with van der Waals surface area (Å²) in [5, 5.41) is 3.49. The highest BCUT2D eigenvalue weighted by atomic mass is 16.5. The summed E-state index contributed by atoms with van der Waals surface area (Å²) in [6, 6.07) is 14.6. The van der Waals surface area contributed by atoms with Crippen LogP contribution < -0.4 is 14.8 Å². The second-order valence-electron chi connectivity index (χ2n) is 5.72. The van der Waals surface area contributed by atoms with Crippen LogP contribution in [0.5, 0.6) is 11.5 Å².